The maximum absolute atomic E-state index is 13.1. The van der Waals surface area contributed by atoms with Gasteiger partial charge in [0, 0.05) is 29.5 Å². The first-order valence-electron chi connectivity index (χ1n) is 11.2. The molecule has 172 valence electrons. The molecule has 0 aliphatic carbocycles. The molecule has 0 aliphatic rings. The fourth-order valence-corrected chi connectivity index (χ4v) is 3.88. The number of pyridine rings is 1. The zero-order valence-corrected chi connectivity index (χ0v) is 18.6. The quantitative estimate of drug-likeness (QED) is 0.314. The van der Waals surface area contributed by atoms with Crippen molar-refractivity contribution < 1.29 is 19.1 Å². The number of unbranched alkanes of at least 4 members (excludes halogenated alkanes) is 1. The van der Waals surface area contributed by atoms with E-state index in [-0.39, 0.29) is 18.1 Å². The Morgan fingerprint density at radius 2 is 1.68 bits per heavy atom. The van der Waals surface area contributed by atoms with Crippen molar-refractivity contribution in [1.29, 1.82) is 0 Å². The lowest BCUT2D eigenvalue weighted by atomic mass is 9.98. The lowest BCUT2D eigenvalue weighted by Gasteiger charge is -2.12. The van der Waals surface area contributed by atoms with Crippen LogP contribution in [-0.2, 0) is 17.8 Å². The average molecular weight is 457 g/mol. The van der Waals surface area contributed by atoms with Crippen molar-refractivity contribution >= 4 is 22.8 Å². The summed E-state index contributed by atoms with van der Waals surface area (Å²) < 4.78 is 13.1. The van der Waals surface area contributed by atoms with Crippen LogP contribution in [0.4, 0.5) is 4.39 Å². The van der Waals surface area contributed by atoms with Crippen molar-refractivity contribution in [3.63, 3.8) is 0 Å². The molecule has 0 atom stereocenters. The monoisotopic (exact) mass is 456 g/mol. The highest BCUT2D eigenvalue weighted by Gasteiger charge is 2.12. The van der Waals surface area contributed by atoms with Gasteiger partial charge in [-0.15, -0.1) is 0 Å². The fourth-order valence-electron chi connectivity index (χ4n) is 3.88. The SMILES string of the molecule is O=C(O)CCCCc1cc2cc(C(=O)NCc3ccc(F)cc3)ccc2nc1-c1ccccc1. The Kier molecular flexibility index (Phi) is 7.28. The second kappa shape index (κ2) is 10.7. The molecular formula is C28H25FN2O3. The third-order valence-corrected chi connectivity index (χ3v) is 5.66. The van der Waals surface area contributed by atoms with E-state index in [1.54, 1.807) is 18.2 Å². The molecule has 1 heterocycles. The van der Waals surface area contributed by atoms with Crippen molar-refractivity contribution in [2.75, 3.05) is 0 Å². The van der Waals surface area contributed by atoms with Crippen LogP contribution >= 0.6 is 0 Å². The van der Waals surface area contributed by atoms with Gasteiger partial charge in [-0.1, -0.05) is 42.5 Å². The van der Waals surface area contributed by atoms with Gasteiger partial charge in [0.25, 0.3) is 5.91 Å². The first-order valence-corrected chi connectivity index (χ1v) is 11.2. The van der Waals surface area contributed by atoms with Gasteiger partial charge >= 0.3 is 5.97 Å². The van der Waals surface area contributed by atoms with Gasteiger partial charge in [-0.25, -0.2) is 9.37 Å². The van der Waals surface area contributed by atoms with Gasteiger partial charge in [0.05, 0.1) is 11.2 Å². The lowest BCUT2D eigenvalue weighted by Crippen LogP contribution is -2.22. The van der Waals surface area contributed by atoms with E-state index in [1.165, 1.54) is 12.1 Å². The molecule has 34 heavy (non-hydrogen) atoms. The molecule has 0 radical (unpaired) electrons. The topological polar surface area (TPSA) is 79.3 Å². The van der Waals surface area contributed by atoms with E-state index >= 15 is 0 Å². The molecule has 0 saturated heterocycles. The minimum atomic E-state index is -0.795. The van der Waals surface area contributed by atoms with E-state index in [2.05, 4.69) is 5.32 Å². The number of rotatable bonds is 9. The summed E-state index contributed by atoms with van der Waals surface area (Å²) in [6.45, 7) is 0.303. The predicted octanol–water partition coefficient (Wildman–Crippen LogP) is 5.77. The van der Waals surface area contributed by atoms with Crippen LogP contribution in [0.15, 0.2) is 78.9 Å². The van der Waals surface area contributed by atoms with Gasteiger partial charge in [0.1, 0.15) is 5.82 Å². The molecule has 4 aromatic rings. The van der Waals surface area contributed by atoms with Gasteiger partial charge in [-0.2, -0.15) is 0 Å². The third-order valence-electron chi connectivity index (χ3n) is 5.66. The number of benzene rings is 3. The Morgan fingerprint density at radius 3 is 2.41 bits per heavy atom. The Hall–Kier alpha value is -4.06. The minimum Gasteiger partial charge on any atom is -0.481 e. The van der Waals surface area contributed by atoms with Crippen molar-refractivity contribution in [3.8, 4) is 11.3 Å². The number of fused-ring (bicyclic) bond motifs is 1. The number of carbonyl (C=O) groups excluding carboxylic acids is 1. The zero-order valence-electron chi connectivity index (χ0n) is 18.6. The second-order valence-electron chi connectivity index (χ2n) is 8.18. The predicted molar refractivity (Wildman–Crippen MR) is 130 cm³/mol. The van der Waals surface area contributed by atoms with Crippen molar-refractivity contribution in [3.05, 3.63) is 101 Å². The standard InChI is InChI=1S/C28H25FN2O3/c29-24-13-10-19(11-14-24)18-30-28(34)22-12-15-25-23(17-22)16-21(8-4-5-9-26(32)33)27(31-25)20-6-2-1-3-7-20/h1-3,6-7,10-17H,4-5,8-9,18H2,(H,30,34)(H,32,33). The number of aromatic nitrogens is 1. The summed E-state index contributed by atoms with van der Waals surface area (Å²) in [6.07, 6.45) is 2.16. The summed E-state index contributed by atoms with van der Waals surface area (Å²) in [5.74, 6) is -1.33. The first-order chi connectivity index (χ1) is 16.5. The van der Waals surface area contributed by atoms with Crippen molar-refractivity contribution in [2.24, 2.45) is 0 Å². The van der Waals surface area contributed by atoms with Gasteiger partial charge in [0.2, 0.25) is 0 Å². The van der Waals surface area contributed by atoms with Crippen molar-refractivity contribution in [1.82, 2.24) is 10.3 Å². The van der Waals surface area contributed by atoms with Gasteiger partial charge in [-0.05, 0) is 66.8 Å². The second-order valence-corrected chi connectivity index (χ2v) is 8.18. The number of nitrogens with one attached hydrogen (secondary N) is 1. The molecule has 3 aromatic carbocycles. The molecular weight excluding hydrogens is 431 g/mol. The summed E-state index contributed by atoms with van der Waals surface area (Å²) >= 11 is 0. The van der Waals surface area contributed by atoms with Crippen molar-refractivity contribution in [2.45, 2.75) is 32.2 Å². The molecule has 0 spiro atoms. The number of carboxylic acids is 1. The summed E-state index contributed by atoms with van der Waals surface area (Å²) in [6, 6.07) is 23.3. The summed E-state index contributed by atoms with van der Waals surface area (Å²) in [4.78, 5) is 28.5. The summed E-state index contributed by atoms with van der Waals surface area (Å²) in [5.41, 5.74) is 5.00. The number of carboxylic acid groups (broad SMARTS) is 1. The highest BCUT2D eigenvalue weighted by atomic mass is 19.1. The molecule has 6 heteroatoms. The normalized spacial score (nSPS) is 10.9. The minimum absolute atomic E-state index is 0.139. The maximum Gasteiger partial charge on any atom is 0.303 e. The summed E-state index contributed by atoms with van der Waals surface area (Å²) in [7, 11) is 0. The molecule has 0 aliphatic heterocycles. The van der Waals surface area contributed by atoms with Crippen LogP contribution in [0.3, 0.4) is 0 Å². The van der Waals surface area contributed by atoms with E-state index in [0.29, 0.717) is 24.9 Å². The number of hydrogen-bond donors (Lipinski definition) is 2. The average Bonchev–Trinajstić information content (AvgIpc) is 2.85. The summed E-state index contributed by atoms with van der Waals surface area (Å²) in [5, 5.41) is 12.6. The van der Waals surface area contributed by atoms with E-state index in [0.717, 1.165) is 39.7 Å². The van der Waals surface area contributed by atoms with E-state index in [1.807, 2.05) is 48.5 Å². The number of aliphatic carboxylic acids is 1. The molecule has 1 aromatic heterocycles. The molecule has 0 saturated carbocycles. The smallest absolute Gasteiger partial charge is 0.303 e. The molecule has 0 bridgehead atoms. The zero-order chi connectivity index (χ0) is 23.9. The van der Waals surface area contributed by atoms with Crippen LogP contribution in [0.25, 0.3) is 22.2 Å². The Morgan fingerprint density at radius 1 is 0.912 bits per heavy atom. The molecule has 0 fully saturated rings. The van der Waals surface area contributed by atoms with Crippen LogP contribution in [0, 0.1) is 5.82 Å². The molecule has 1 amide bonds. The Bertz CT molecular complexity index is 1300. The Balaban J connectivity index is 1.58. The van der Waals surface area contributed by atoms with Crippen LogP contribution in [0.5, 0.6) is 0 Å². The van der Waals surface area contributed by atoms with E-state index in [4.69, 9.17) is 10.1 Å². The highest BCUT2D eigenvalue weighted by Crippen LogP contribution is 2.28. The van der Waals surface area contributed by atoms with Crippen LogP contribution in [0.2, 0.25) is 0 Å². The first kappa shape index (κ1) is 23.1. The number of nitrogens with zero attached hydrogens (tertiary/aromatic N) is 1. The van der Waals surface area contributed by atoms with Crippen LogP contribution in [0.1, 0.15) is 40.7 Å². The number of hydrogen-bond acceptors (Lipinski definition) is 3. The number of amides is 1. The third kappa shape index (κ3) is 5.84. The molecule has 0 unspecified atom stereocenters. The number of carbonyl (C=O) groups is 2. The van der Waals surface area contributed by atoms with Crippen LogP contribution < -0.4 is 5.32 Å². The van der Waals surface area contributed by atoms with E-state index < -0.39 is 5.97 Å². The lowest BCUT2D eigenvalue weighted by molar-refractivity contribution is -0.137. The number of halogens is 1. The van der Waals surface area contributed by atoms with Gasteiger partial charge in [0.15, 0.2) is 0 Å². The highest BCUT2D eigenvalue weighted by molar-refractivity contribution is 5.98. The van der Waals surface area contributed by atoms with Gasteiger partial charge in [-0.3, -0.25) is 9.59 Å². The molecule has 2 N–H and O–H groups in total. The van der Waals surface area contributed by atoms with Crippen LogP contribution in [-0.4, -0.2) is 22.0 Å². The number of aryl methyl sites for hydroxylation is 1. The molecule has 5 nitrogen and oxygen atoms in total. The fraction of sp³-hybridized carbons (Fsp3) is 0.179. The largest absolute Gasteiger partial charge is 0.481 e. The van der Waals surface area contributed by atoms with Gasteiger partial charge < -0.3 is 10.4 Å². The maximum atomic E-state index is 13.1. The van der Waals surface area contributed by atoms with E-state index in [9.17, 15) is 14.0 Å². The Labute approximate surface area is 197 Å². The molecule has 4 rings (SSSR count).